The summed E-state index contributed by atoms with van der Waals surface area (Å²) in [4.78, 5) is 28.3. The molecule has 0 saturated heterocycles. The standard InChI is InChI=1S/C29H24FN5O3/c1-34-17-24(22-9-5-8-21(14-22)15-31)35-26(29(34)37)27(38-18-20-6-3-2-4-7-20)25(33-35)28(36)32-16-19-10-12-23(30)13-11-19/h2-14,24H,16-18H2,1H3,(H,32,36). The molecule has 0 aliphatic carbocycles. The first-order chi connectivity index (χ1) is 18.4. The van der Waals surface area contributed by atoms with Crippen molar-refractivity contribution in [2.75, 3.05) is 13.6 Å². The first-order valence-electron chi connectivity index (χ1n) is 12.0. The quantitative estimate of drug-likeness (QED) is 0.405. The highest BCUT2D eigenvalue weighted by Gasteiger charge is 2.38. The van der Waals surface area contributed by atoms with Gasteiger partial charge in [0.2, 0.25) is 0 Å². The van der Waals surface area contributed by atoms with E-state index < -0.39 is 11.9 Å². The van der Waals surface area contributed by atoms with Crippen LogP contribution in [-0.4, -0.2) is 40.1 Å². The van der Waals surface area contributed by atoms with E-state index in [-0.39, 0.29) is 42.0 Å². The lowest BCUT2D eigenvalue weighted by Gasteiger charge is -2.31. The van der Waals surface area contributed by atoms with Gasteiger partial charge in [-0.15, -0.1) is 0 Å². The zero-order valence-corrected chi connectivity index (χ0v) is 20.6. The number of hydrogen-bond acceptors (Lipinski definition) is 5. The SMILES string of the molecule is CN1CC(c2cccc(C#N)c2)n2nc(C(=O)NCc3ccc(F)cc3)c(OCc3ccccc3)c2C1=O. The molecule has 4 aromatic rings. The first-order valence-corrected chi connectivity index (χ1v) is 12.0. The van der Waals surface area contributed by atoms with E-state index in [1.807, 2.05) is 36.4 Å². The summed E-state index contributed by atoms with van der Waals surface area (Å²) in [5.74, 6) is -1.14. The van der Waals surface area contributed by atoms with E-state index in [1.165, 1.54) is 16.8 Å². The van der Waals surface area contributed by atoms with E-state index in [1.54, 1.807) is 42.3 Å². The molecular weight excluding hydrogens is 485 g/mol. The third-order valence-corrected chi connectivity index (χ3v) is 6.37. The summed E-state index contributed by atoms with van der Waals surface area (Å²) in [5, 5.41) is 16.8. The largest absolute Gasteiger partial charge is 0.484 e. The highest BCUT2D eigenvalue weighted by atomic mass is 19.1. The number of nitrogens with one attached hydrogen (secondary N) is 1. The molecule has 3 aromatic carbocycles. The number of likely N-dealkylation sites (N-methyl/N-ethyl adjacent to an activating group) is 1. The number of carbonyl (C=O) groups excluding carboxylic acids is 2. The van der Waals surface area contributed by atoms with E-state index in [9.17, 15) is 19.2 Å². The average molecular weight is 510 g/mol. The van der Waals surface area contributed by atoms with Crippen LogP contribution in [0.25, 0.3) is 0 Å². The molecule has 1 aliphatic heterocycles. The van der Waals surface area contributed by atoms with Gasteiger partial charge in [0.1, 0.15) is 12.4 Å². The summed E-state index contributed by atoms with van der Waals surface area (Å²) in [5.41, 5.74) is 2.96. The second kappa shape index (κ2) is 10.6. The maximum Gasteiger partial charge on any atom is 0.275 e. The summed E-state index contributed by atoms with van der Waals surface area (Å²) in [6, 6.07) is 24.0. The van der Waals surface area contributed by atoms with E-state index >= 15 is 0 Å². The van der Waals surface area contributed by atoms with Gasteiger partial charge in [0, 0.05) is 20.1 Å². The van der Waals surface area contributed by atoms with Crippen molar-refractivity contribution < 1.29 is 18.7 Å². The molecule has 0 fully saturated rings. The number of ether oxygens (including phenoxy) is 1. The van der Waals surface area contributed by atoms with Crippen LogP contribution in [0, 0.1) is 17.1 Å². The summed E-state index contributed by atoms with van der Waals surface area (Å²) in [6.45, 7) is 0.571. The van der Waals surface area contributed by atoms with Gasteiger partial charge in [0.15, 0.2) is 17.1 Å². The highest BCUT2D eigenvalue weighted by Crippen LogP contribution is 2.35. The molecule has 1 aromatic heterocycles. The van der Waals surface area contributed by atoms with Crippen LogP contribution in [-0.2, 0) is 13.2 Å². The van der Waals surface area contributed by atoms with Crippen molar-refractivity contribution >= 4 is 11.8 Å². The van der Waals surface area contributed by atoms with Gasteiger partial charge in [0.05, 0.1) is 17.7 Å². The summed E-state index contributed by atoms with van der Waals surface area (Å²) < 4.78 is 20.9. The fraction of sp³-hybridized carbons (Fsp3) is 0.172. The lowest BCUT2D eigenvalue weighted by Crippen LogP contribution is -2.41. The van der Waals surface area contributed by atoms with Crippen LogP contribution >= 0.6 is 0 Å². The molecule has 2 amide bonds. The van der Waals surface area contributed by atoms with Gasteiger partial charge in [-0.2, -0.15) is 10.4 Å². The Morgan fingerprint density at radius 3 is 2.61 bits per heavy atom. The maximum atomic E-state index is 13.4. The molecule has 1 aliphatic rings. The third-order valence-electron chi connectivity index (χ3n) is 6.37. The Kier molecular flexibility index (Phi) is 6.87. The molecule has 8 nitrogen and oxygen atoms in total. The fourth-order valence-electron chi connectivity index (χ4n) is 4.39. The zero-order valence-electron chi connectivity index (χ0n) is 20.6. The lowest BCUT2D eigenvalue weighted by atomic mass is 10.0. The Hall–Kier alpha value is -4.97. The van der Waals surface area contributed by atoms with Crippen molar-refractivity contribution in [3.63, 3.8) is 0 Å². The van der Waals surface area contributed by atoms with Crippen LogP contribution in [0.5, 0.6) is 5.75 Å². The van der Waals surface area contributed by atoms with Crippen molar-refractivity contribution in [1.29, 1.82) is 5.26 Å². The Labute approximate surface area is 218 Å². The number of hydrogen-bond donors (Lipinski definition) is 1. The van der Waals surface area contributed by atoms with Gasteiger partial charge in [-0.3, -0.25) is 9.59 Å². The number of nitrogens with zero attached hydrogens (tertiary/aromatic N) is 4. The van der Waals surface area contributed by atoms with Crippen molar-refractivity contribution in [3.8, 4) is 11.8 Å². The minimum Gasteiger partial charge on any atom is -0.484 e. The molecule has 5 rings (SSSR count). The number of nitriles is 1. The normalized spacial score (nSPS) is 14.5. The number of halogens is 1. The van der Waals surface area contributed by atoms with Gasteiger partial charge in [-0.05, 0) is 41.0 Å². The number of fused-ring (bicyclic) bond motifs is 1. The number of carbonyl (C=O) groups is 2. The van der Waals surface area contributed by atoms with E-state index in [0.29, 0.717) is 17.7 Å². The molecule has 0 saturated carbocycles. The van der Waals surface area contributed by atoms with Crippen LogP contribution in [0.1, 0.15) is 49.3 Å². The summed E-state index contributed by atoms with van der Waals surface area (Å²) in [7, 11) is 1.68. The number of rotatable bonds is 7. The van der Waals surface area contributed by atoms with Gasteiger partial charge >= 0.3 is 0 Å². The van der Waals surface area contributed by atoms with Crippen molar-refractivity contribution in [2.45, 2.75) is 19.2 Å². The van der Waals surface area contributed by atoms with Crippen molar-refractivity contribution in [2.24, 2.45) is 0 Å². The Morgan fingerprint density at radius 1 is 1.11 bits per heavy atom. The van der Waals surface area contributed by atoms with E-state index in [2.05, 4.69) is 16.5 Å². The second-order valence-corrected chi connectivity index (χ2v) is 8.99. The molecule has 0 bridgehead atoms. The van der Waals surface area contributed by atoms with Gasteiger partial charge in [-0.25, -0.2) is 9.07 Å². The third kappa shape index (κ3) is 4.97. The Balaban J connectivity index is 1.54. The van der Waals surface area contributed by atoms with Crippen LogP contribution in [0.3, 0.4) is 0 Å². The van der Waals surface area contributed by atoms with Gasteiger partial charge in [-0.1, -0.05) is 54.6 Å². The first kappa shape index (κ1) is 24.7. The molecular formula is C29H24FN5O3. The van der Waals surface area contributed by atoms with E-state index in [0.717, 1.165) is 11.1 Å². The maximum absolute atomic E-state index is 13.4. The van der Waals surface area contributed by atoms with Crippen LogP contribution in [0.4, 0.5) is 4.39 Å². The molecule has 0 radical (unpaired) electrons. The minimum atomic E-state index is -0.528. The highest BCUT2D eigenvalue weighted by molar-refractivity contribution is 6.02. The topological polar surface area (TPSA) is 100 Å². The number of benzene rings is 3. The number of amides is 2. The monoisotopic (exact) mass is 509 g/mol. The molecule has 9 heteroatoms. The molecule has 190 valence electrons. The molecule has 0 spiro atoms. The molecule has 1 unspecified atom stereocenters. The Bertz CT molecular complexity index is 1530. The Morgan fingerprint density at radius 2 is 1.87 bits per heavy atom. The predicted octanol–water partition coefficient (Wildman–Crippen LogP) is 4.08. The summed E-state index contributed by atoms with van der Waals surface area (Å²) in [6.07, 6.45) is 0. The number of aromatic nitrogens is 2. The van der Waals surface area contributed by atoms with Crippen LogP contribution in [0.15, 0.2) is 78.9 Å². The molecule has 2 heterocycles. The fourth-order valence-corrected chi connectivity index (χ4v) is 4.39. The summed E-state index contributed by atoms with van der Waals surface area (Å²) >= 11 is 0. The molecule has 38 heavy (non-hydrogen) atoms. The molecule has 1 atom stereocenters. The zero-order chi connectivity index (χ0) is 26.6. The van der Waals surface area contributed by atoms with Crippen LogP contribution in [0.2, 0.25) is 0 Å². The van der Waals surface area contributed by atoms with E-state index in [4.69, 9.17) is 4.74 Å². The van der Waals surface area contributed by atoms with Gasteiger partial charge < -0.3 is 15.0 Å². The van der Waals surface area contributed by atoms with Crippen molar-refractivity contribution in [3.05, 3.63) is 118 Å². The minimum absolute atomic E-state index is 0.0249. The predicted molar refractivity (Wildman–Crippen MR) is 137 cm³/mol. The smallest absolute Gasteiger partial charge is 0.275 e. The molecule has 1 N–H and O–H groups in total. The van der Waals surface area contributed by atoms with Gasteiger partial charge in [0.25, 0.3) is 11.8 Å². The lowest BCUT2D eigenvalue weighted by molar-refractivity contribution is 0.0717. The van der Waals surface area contributed by atoms with Crippen molar-refractivity contribution in [1.82, 2.24) is 20.0 Å². The van der Waals surface area contributed by atoms with Crippen LogP contribution < -0.4 is 10.1 Å². The second-order valence-electron chi connectivity index (χ2n) is 8.99. The average Bonchev–Trinajstić information content (AvgIpc) is 3.34.